The van der Waals surface area contributed by atoms with Crippen molar-refractivity contribution in [3.8, 4) is 5.75 Å². The van der Waals surface area contributed by atoms with Gasteiger partial charge in [-0.05, 0) is 23.8 Å². The first-order valence-corrected chi connectivity index (χ1v) is 9.14. The van der Waals surface area contributed by atoms with Crippen molar-refractivity contribution in [2.24, 2.45) is 0 Å². The second-order valence-corrected chi connectivity index (χ2v) is 6.83. The fourth-order valence-electron chi connectivity index (χ4n) is 2.60. The zero-order chi connectivity index (χ0) is 18.6. The van der Waals surface area contributed by atoms with E-state index in [4.69, 9.17) is 10.5 Å². The van der Waals surface area contributed by atoms with Gasteiger partial charge in [-0.25, -0.2) is 15.0 Å². The van der Waals surface area contributed by atoms with E-state index in [1.807, 2.05) is 48.5 Å². The molecule has 0 atom stereocenters. The molecule has 8 heteroatoms. The van der Waals surface area contributed by atoms with Crippen LogP contribution in [-0.2, 0) is 6.54 Å². The highest BCUT2D eigenvalue weighted by Crippen LogP contribution is 2.32. The van der Waals surface area contributed by atoms with Gasteiger partial charge in [-0.15, -0.1) is 0 Å². The van der Waals surface area contributed by atoms with Crippen LogP contribution in [-0.4, -0.2) is 22.1 Å². The maximum absolute atomic E-state index is 6.24. The second kappa shape index (κ2) is 7.46. The van der Waals surface area contributed by atoms with Crippen LogP contribution in [0.25, 0.3) is 10.2 Å². The number of ether oxygens (including phenoxy) is 1. The smallest absolute Gasteiger partial charge is 0.189 e. The fraction of sp³-hybridized carbons (Fsp3) is 0.105. The van der Waals surface area contributed by atoms with Gasteiger partial charge in [0.05, 0.1) is 17.3 Å². The molecular formula is C19H18N6OS. The Morgan fingerprint density at radius 1 is 1.07 bits per heavy atom. The molecule has 0 aliphatic rings. The standard InChI is InChI=1S/C19H18N6OS/c1-26-13-7-8-14-15(9-13)27-19(24-14)25-18-16(20)17(22-11-23-18)21-10-12-5-3-2-4-6-12/h2-9,11H,10,20H2,1H3,(H2,21,22,23,24,25). The van der Waals surface area contributed by atoms with Gasteiger partial charge < -0.3 is 21.1 Å². The first-order valence-electron chi connectivity index (χ1n) is 8.33. The molecule has 0 unspecified atom stereocenters. The summed E-state index contributed by atoms with van der Waals surface area (Å²) in [7, 11) is 1.65. The molecule has 0 aliphatic heterocycles. The summed E-state index contributed by atoms with van der Waals surface area (Å²) in [6.07, 6.45) is 1.47. The molecule has 2 aromatic carbocycles. The van der Waals surface area contributed by atoms with Crippen LogP contribution >= 0.6 is 11.3 Å². The maximum Gasteiger partial charge on any atom is 0.189 e. The Bertz CT molecular complexity index is 1070. The summed E-state index contributed by atoms with van der Waals surface area (Å²) in [4.78, 5) is 13.1. The van der Waals surface area contributed by atoms with E-state index in [2.05, 4.69) is 25.6 Å². The van der Waals surface area contributed by atoms with Gasteiger partial charge in [0, 0.05) is 6.54 Å². The van der Waals surface area contributed by atoms with Crippen molar-refractivity contribution in [1.82, 2.24) is 15.0 Å². The summed E-state index contributed by atoms with van der Waals surface area (Å²) in [5.74, 6) is 1.90. The largest absolute Gasteiger partial charge is 0.497 e. The summed E-state index contributed by atoms with van der Waals surface area (Å²) in [5.41, 5.74) is 8.72. The number of hydrogen-bond acceptors (Lipinski definition) is 8. The minimum Gasteiger partial charge on any atom is -0.497 e. The van der Waals surface area contributed by atoms with Crippen molar-refractivity contribution in [3.05, 3.63) is 60.4 Å². The van der Waals surface area contributed by atoms with Crippen molar-refractivity contribution < 1.29 is 4.74 Å². The predicted octanol–water partition coefficient (Wildman–Crippen LogP) is 4.03. The molecule has 0 bridgehead atoms. The number of aromatic nitrogens is 3. The first-order chi connectivity index (χ1) is 13.2. The molecule has 2 aromatic heterocycles. The average Bonchev–Trinajstić information content (AvgIpc) is 3.11. The Morgan fingerprint density at radius 2 is 1.89 bits per heavy atom. The van der Waals surface area contributed by atoms with E-state index < -0.39 is 0 Å². The van der Waals surface area contributed by atoms with Gasteiger partial charge >= 0.3 is 0 Å². The van der Waals surface area contributed by atoms with E-state index in [-0.39, 0.29) is 0 Å². The molecule has 4 rings (SSSR count). The van der Waals surface area contributed by atoms with Gasteiger partial charge in [-0.1, -0.05) is 41.7 Å². The van der Waals surface area contributed by atoms with Crippen LogP contribution in [0.3, 0.4) is 0 Å². The molecule has 0 radical (unpaired) electrons. The van der Waals surface area contributed by atoms with Gasteiger partial charge in [0.15, 0.2) is 16.8 Å². The van der Waals surface area contributed by atoms with Gasteiger partial charge in [-0.3, -0.25) is 0 Å². The number of nitrogens with two attached hydrogens (primary N) is 1. The molecule has 0 fully saturated rings. The van der Waals surface area contributed by atoms with E-state index in [0.717, 1.165) is 21.5 Å². The van der Waals surface area contributed by atoms with Gasteiger partial charge in [0.1, 0.15) is 17.8 Å². The SMILES string of the molecule is COc1ccc2nc(Nc3ncnc(NCc4ccccc4)c3N)sc2c1. The molecule has 4 aromatic rings. The number of nitrogen functional groups attached to an aromatic ring is 1. The zero-order valence-corrected chi connectivity index (χ0v) is 15.5. The lowest BCUT2D eigenvalue weighted by Gasteiger charge is -2.11. The molecule has 0 spiro atoms. The second-order valence-electron chi connectivity index (χ2n) is 5.80. The summed E-state index contributed by atoms with van der Waals surface area (Å²) in [5, 5.41) is 7.14. The molecule has 0 amide bonds. The number of rotatable bonds is 6. The highest BCUT2D eigenvalue weighted by Gasteiger charge is 2.11. The van der Waals surface area contributed by atoms with Crippen LogP contribution in [0.4, 0.5) is 22.5 Å². The zero-order valence-electron chi connectivity index (χ0n) is 14.6. The summed E-state index contributed by atoms with van der Waals surface area (Å²) >= 11 is 1.51. The first kappa shape index (κ1) is 17.0. The Labute approximate surface area is 160 Å². The lowest BCUT2D eigenvalue weighted by atomic mass is 10.2. The number of hydrogen-bond donors (Lipinski definition) is 3. The van der Waals surface area contributed by atoms with E-state index >= 15 is 0 Å². The lowest BCUT2D eigenvalue weighted by Crippen LogP contribution is -2.08. The quantitative estimate of drug-likeness (QED) is 0.466. The third kappa shape index (κ3) is 3.75. The number of benzene rings is 2. The number of thiazole rings is 1. The molecule has 136 valence electrons. The van der Waals surface area contributed by atoms with E-state index in [9.17, 15) is 0 Å². The third-order valence-electron chi connectivity index (χ3n) is 4.01. The average molecular weight is 378 g/mol. The number of nitrogens with zero attached hydrogens (tertiary/aromatic N) is 3. The lowest BCUT2D eigenvalue weighted by molar-refractivity contribution is 0.415. The van der Waals surface area contributed by atoms with Crippen LogP contribution in [0.1, 0.15) is 5.56 Å². The monoisotopic (exact) mass is 378 g/mol. The van der Waals surface area contributed by atoms with E-state index in [1.165, 1.54) is 17.7 Å². The van der Waals surface area contributed by atoms with Crippen LogP contribution in [0, 0.1) is 0 Å². The number of methoxy groups -OCH3 is 1. The van der Waals surface area contributed by atoms with Crippen molar-refractivity contribution >= 4 is 44.0 Å². The van der Waals surface area contributed by atoms with Crippen molar-refractivity contribution in [3.63, 3.8) is 0 Å². The molecule has 4 N–H and O–H groups in total. The molecule has 2 heterocycles. The van der Waals surface area contributed by atoms with E-state index in [0.29, 0.717) is 29.0 Å². The third-order valence-corrected chi connectivity index (χ3v) is 4.94. The highest BCUT2D eigenvalue weighted by atomic mass is 32.1. The van der Waals surface area contributed by atoms with Crippen LogP contribution in [0.15, 0.2) is 54.9 Å². The number of nitrogens with one attached hydrogen (secondary N) is 2. The normalized spacial score (nSPS) is 10.7. The highest BCUT2D eigenvalue weighted by molar-refractivity contribution is 7.22. The molecular weight excluding hydrogens is 360 g/mol. The Morgan fingerprint density at radius 3 is 2.70 bits per heavy atom. The van der Waals surface area contributed by atoms with Crippen molar-refractivity contribution in [2.75, 3.05) is 23.5 Å². The van der Waals surface area contributed by atoms with Crippen LogP contribution in [0.2, 0.25) is 0 Å². The Hall–Kier alpha value is -3.39. The Kier molecular flexibility index (Phi) is 4.71. The van der Waals surface area contributed by atoms with Crippen LogP contribution < -0.4 is 21.1 Å². The fourth-order valence-corrected chi connectivity index (χ4v) is 3.50. The molecule has 0 saturated heterocycles. The minimum absolute atomic E-state index is 0.449. The van der Waals surface area contributed by atoms with Gasteiger partial charge in [0.25, 0.3) is 0 Å². The summed E-state index contributed by atoms with van der Waals surface area (Å²) < 4.78 is 6.28. The minimum atomic E-state index is 0.449. The molecule has 7 nitrogen and oxygen atoms in total. The number of anilines is 4. The van der Waals surface area contributed by atoms with Crippen molar-refractivity contribution in [1.29, 1.82) is 0 Å². The maximum atomic E-state index is 6.24. The summed E-state index contributed by atoms with van der Waals surface area (Å²) in [6.45, 7) is 0.627. The predicted molar refractivity (Wildman–Crippen MR) is 110 cm³/mol. The van der Waals surface area contributed by atoms with Crippen LogP contribution in [0.5, 0.6) is 5.75 Å². The van der Waals surface area contributed by atoms with E-state index in [1.54, 1.807) is 7.11 Å². The van der Waals surface area contributed by atoms with Gasteiger partial charge in [-0.2, -0.15) is 0 Å². The topological polar surface area (TPSA) is 98.0 Å². The van der Waals surface area contributed by atoms with Gasteiger partial charge in [0.2, 0.25) is 0 Å². The van der Waals surface area contributed by atoms with Crippen molar-refractivity contribution in [2.45, 2.75) is 6.54 Å². The summed E-state index contributed by atoms with van der Waals surface area (Å²) in [6, 6.07) is 15.8. The molecule has 0 saturated carbocycles. The number of fused-ring (bicyclic) bond motifs is 1. The molecule has 0 aliphatic carbocycles. The Balaban J connectivity index is 1.54. The molecule has 27 heavy (non-hydrogen) atoms.